The van der Waals surface area contributed by atoms with Crippen molar-refractivity contribution < 1.29 is 19.1 Å². The van der Waals surface area contributed by atoms with Crippen LogP contribution in [0.5, 0.6) is 0 Å². The normalized spacial score (nSPS) is 40.7. The largest absolute Gasteiger partial charge is 0.387 e. The fourth-order valence-electron chi connectivity index (χ4n) is 3.25. The number of rotatable bonds is 3. The number of fused-ring (bicyclic) bond motifs is 2. The quantitative estimate of drug-likeness (QED) is 0.871. The van der Waals surface area contributed by atoms with Gasteiger partial charge in [0.15, 0.2) is 0 Å². The molecule has 5 atom stereocenters. The highest BCUT2D eigenvalue weighted by Crippen LogP contribution is 2.45. The zero-order valence-corrected chi connectivity index (χ0v) is 13.3. The summed E-state index contributed by atoms with van der Waals surface area (Å²) in [4.78, 5) is 11.9. The zero-order chi connectivity index (χ0) is 15.1. The molecule has 1 N–H and O–H groups in total. The molecule has 116 valence electrons. The molecule has 0 radical (unpaired) electrons. The molecule has 2 bridgehead atoms. The van der Waals surface area contributed by atoms with Crippen LogP contribution in [-0.4, -0.2) is 32.4 Å². The topological polar surface area (TPSA) is 55.8 Å². The SMILES string of the molecule is C[C@]1(CS(=O)c2ccccc2)OO[C@@H]2C[C@H]1CC[C@@]2(C)O. The number of benzene rings is 1. The molecule has 0 aromatic heterocycles. The highest BCUT2D eigenvalue weighted by molar-refractivity contribution is 7.85. The fourth-order valence-corrected chi connectivity index (χ4v) is 4.68. The third-order valence-electron chi connectivity index (χ3n) is 4.83. The summed E-state index contributed by atoms with van der Waals surface area (Å²) in [6.45, 7) is 3.76. The molecule has 1 aromatic rings. The molecule has 0 spiro atoms. The molecule has 3 rings (SSSR count). The lowest BCUT2D eigenvalue weighted by Gasteiger charge is -2.50. The monoisotopic (exact) mass is 310 g/mol. The smallest absolute Gasteiger partial charge is 0.122 e. The van der Waals surface area contributed by atoms with E-state index in [1.54, 1.807) is 6.92 Å². The average molecular weight is 310 g/mol. The van der Waals surface area contributed by atoms with E-state index in [-0.39, 0.29) is 12.0 Å². The van der Waals surface area contributed by atoms with Crippen LogP contribution in [0.15, 0.2) is 35.2 Å². The van der Waals surface area contributed by atoms with Crippen LogP contribution in [0.2, 0.25) is 0 Å². The van der Waals surface area contributed by atoms with Gasteiger partial charge >= 0.3 is 0 Å². The van der Waals surface area contributed by atoms with Crippen molar-refractivity contribution in [2.45, 2.75) is 55.3 Å². The van der Waals surface area contributed by atoms with Crippen molar-refractivity contribution in [3.8, 4) is 0 Å². The van der Waals surface area contributed by atoms with Crippen LogP contribution in [0, 0.1) is 5.92 Å². The Morgan fingerprint density at radius 1 is 1.33 bits per heavy atom. The Labute approximate surface area is 127 Å². The van der Waals surface area contributed by atoms with Crippen molar-refractivity contribution in [1.82, 2.24) is 0 Å². The van der Waals surface area contributed by atoms with Crippen molar-refractivity contribution in [1.29, 1.82) is 0 Å². The summed E-state index contributed by atoms with van der Waals surface area (Å²) < 4.78 is 12.5. The van der Waals surface area contributed by atoms with Gasteiger partial charge in [-0.2, -0.15) is 0 Å². The Kier molecular flexibility index (Phi) is 3.94. The summed E-state index contributed by atoms with van der Waals surface area (Å²) in [5, 5.41) is 10.3. The lowest BCUT2D eigenvalue weighted by atomic mass is 9.71. The maximum absolute atomic E-state index is 12.5. The van der Waals surface area contributed by atoms with E-state index >= 15 is 0 Å². The van der Waals surface area contributed by atoms with Gasteiger partial charge < -0.3 is 5.11 Å². The van der Waals surface area contributed by atoms with E-state index in [0.717, 1.165) is 17.7 Å². The standard InChI is InChI=1S/C16H22O4S/c1-15(17)9-8-12-10-14(15)19-20-16(12,2)11-21(18)13-6-4-3-5-7-13/h3-7,12,14,17H,8-11H2,1-2H3/t12-,14-,15-,16-,21?/m1/s1. The van der Waals surface area contributed by atoms with Gasteiger partial charge in [-0.3, -0.25) is 4.21 Å². The summed E-state index contributed by atoms with van der Waals surface area (Å²) in [6, 6.07) is 9.44. The van der Waals surface area contributed by atoms with Crippen LogP contribution in [0.1, 0.15) is 33.1 Å². The van der Waals surface area contributed by atoms with Gasteiger partial charge in [0.2, 0.25) is 0 Å². The highest BCUT2D eigenvalue weighted by Gasteiger charge is 2.52. The second kappa shape index (κ2) is 5.47. The van der Waals surface area contributed by atoms with Crippen LogP contribution in [0.3, 0.4) is 0 Å². The lowest BCUT2D eigenvalue weighted by molar-refractivity contribution is -0.441. The van der Waals surface area contributed by atoms with Crippen LogP contribution < -0.4 is 0 Å². The van der Waals surface area contributed by atoms with E-state index in [1.165, 1.54) is 0 Å². The zero-order valence-electron chi connectivity index (χ0n) is 12.5. The second-order valence-electron chi connectivity index (χ2n) is 6.61. The second-order valence-corrected chi connectivity index (χ2v) is 8.06. The van der Waals surface area contributed by atoms with Gasteiger partial charge in [0.25, 0.3) is 0 Å². The number of hydrogen-bond acceptors (Lipinski definition) is 4. The van der Waals surface area contributed by atoms with Crippen molar-refractivity contribution >= 4 is 10.8 Å². The van der Waals surface area contributed by atoms with E-state index in [4.69, 9.17) is 9.78 Å². The maximum atomic E-state index is 12.5. The first kappa shape index (κ1) is 15.2. The molecule has 1 aromatic carbocycles. The molecule has 5 heteroatoms. The maximum Gasteiger partial charge on any atom is 0.122 e. The molecule has 4 nitrogen and oxygen atoms in total. The number of hydrogen-bond donors (Lipinski definition) is 1. The van der Waals surface area contributed by atoms with Crippen molar-refractivity contribution in [2.24, 2.45) is 5.92 Å². The van der Waals surface area contributed by atoms with Gasteiger partial charge in [0, 0.05) is 4.90 Å². The van der Waals surface area contributed by atoms with Crippen LogP contribution in [0.4, 0.5) is 0 Å². The summed E-state index contributed by atoms with van der Waals surface area (Å²) in [7, 11) is -1.12. The molecule has 1 unspecified atom stereocenters. The highest BCUT2D eigenvalue weighted by atomic mass is 32.2. The lowest BCUT2D eigenvalue weighted by Crippen LogP contribution is -2.58. The third kappa shape index (κ3) is 2.93. The molecule has 2 aliphatic rings. The molecular formula is C16H22O4S. The molecule has 2 fully saturated rings. The fraction of sp³-hybridized carbons (Fsp3) is 0.625. The Balaban J connectivity index is 1.73. The Hall–Kier alpha value is -0.750. The summed E-state index contributed by atoms with van der Waals surface area (Å²) in [5.74, 6) is 0.681. The minimum Gasteiger partial charge on any atom is -0.387 e. The van der Waals surface area contributed by atoms with Crippen molar-refractivity contribution in [2.75, 3.05) is 5.75 Å². The molecule has 1 saturated heterocycles. The van der Waals surface area contributed by atoms with Crippen LogP contribution >= 0.6 is 0 Å². The predicted molar refractivity (Wildman–Crippen MR) is 80.0 cm³/mol. The molecule has 1 aliphatic carbocycles. The molecule has 1 saturated carbocycles. The van der Waals surface area contributed by atoms with Crippen molar-refractivity contribution in [3.05, 3.63) is 30.3 Å². The first-order chi connectivity index (χ1) is 9.91. The van der Waals surface area contributed by atoms with Crippen molar-refractivity contribution in [3.63, 3.8) is 0 Å². The predicted octanol–water partition coefficient (Wildman–Crippen LogP) is 2.43. The third-order valence-corrected chi connectivity index (χ3v) is 6.47. The first-order valence-corrected chi connectivity index (χ1v) is 8.73. The van der Waals surface area contributed by atoms with Crippen LogP contribution in [0.25, 0.3) is 0 Å². The van der Waals surface area contributed by atoms with E-state index < -0.39 is 22.0 Å². The van der Waals surface area contributed by atoms with E-state index in [1.807, 2.05) is 37.3 Å². The minimum atomic E-state index is -1.12. The van der Waals surface area contributed by atoms with Crippen LogP contribution in [-0.2, 0) is 20.6 Å². The van der Waals surface area contributed by atoms with Gasteiger partial charge in [0.1, 0.15) is 11.7 Å². The summed E-state index contributed by atoms with van der Waals surface area (Å²) in [5.41, 5.74) is -1.38. The molecule has 21 heavy (non-hydrogen) atoms. The number of aliphatic hydroxyl groups is 1. The average Bonchev–Trinajstić information content (AvgIpc) is 2.46. The molecular weight excluding hydrogens is 288 g/mol. The summed E-state index contributed by atoms with van der Waals surface area (Å²) in [6.07, 6.45) is 2.04. The minimum absolute atomic E-state index is 0.268. The van der Waals surface area contributed by atoms with Gasteiger partial charge in [-0.05, 0) is 51.2 Å². The first-order valence-electron chi connectivity index (χ1n) is 7.41. The van der Waals surface area contributed by atoms with E-state index in [9.17, 15) is 9.32 Å². The Morgan fingerprint density at radius 3 is 2.76 bits per heavy atom. The molecule has 0 amide bonds. The Morgan fingerprint density at radius 2 is 2.05 bits per heavy atom. The van der Waals surface area contributed by atoms with Gasteiger partial charge in [-0.15, -0.1) is 0 Å². The van der Waals surface area contributed by atoms with E-state index in [2.05, 4.69) is 0 Å². The summed E-state index contributed by atoms with van der Waals surface area (Å²) >= 11 is 0. The Bertz CT molecular complexity index is 530. The van der Waals surface area contributed by atoms with Gasteiger partial charge in [0.05, 0.1) is 22.2 Å². The van der Waals surface area contributed by atoms with Gasteiger partial charge in [-0.1, -0.05) is 18.2 Å². The van der Waals surface area contributed by atoms with Gasteiger partial charge in [-0.25, -0.2) is 9.78 Å². The molecule has 1 heterocycles. The molecule has 1 aliphatic heterocycles. The van der Waals surface area contributed by atoms with E-state index in [0.29, 0.717) is 12.2 Å².